The lowest BCUT2D eigenvalue weighted by Gasteiger charge is -2.17. The first-order valence-electron chi connectivity index (χ1n) is 12.3. The number of nitrogens with zero attached hydrogens (tertiary/aromatic N) is 3. The van der Waals surface area contributed by atoms with Crippen LogP contribution < -0.4 is 5.56 Å². The van der Waals surface area contributed by atoms with E-state index >= 15 is 0 Å². The number of rotatable bonds is 2. The van der Waals surface area contributed by atoms with E-state index in [4.69, 9.17) is 4.98 Å². The summed E-state index contributed by atoms with van der Waals surface area (Å²) in [5.41, 5.74) is 3.02. The van der Waals surface area contributed by atoms with Crippen LogP contribution in [0.5, 0.6) is 0 Å². The first-order chi connectivity index (χ1) is 15.2. The van der Waals surface area contributed by atoms with Gasteiger partial charge in [0.2, 0.25) is 0 Å². The Morgan fingerprint density at radius 2 is 1.39 bits per heavy atom. The number of nitrogens with one attached hydrogen (secondary N) is 1. The maximum atomic E-state index is 13.0. The minimum Gasteiger partial charge on any atom is -0.308 e. The highest BCUT2D eigenvalue weighted by Gasteiger charge is 2.20. The number of aromatic amines is 1. The fourth-order valence-corrected chi connectivity index (χ4v) is 4.97. The second kappa shape index (κ2) is 10.7. The fraction of sp³-hybridized carbons (Fsp3) is 0.577. The molecule has 1 saturated carbocycles. The number of fused-ring (bicyclic) bond motifs is 1. The Balaban J connectivity index is 1.63. The van der Waals surface area contributed by atoms with E-state index < -0.39 is 0 Å². The summed E-state index contributed by atoms with van der Waals surface area (Å²) in [6, 6.07) is 10.1. The highest BCUT2D eigenvalue weighted by molar-refractivity contribution is 5.89. The molecule has 31 heavy (non-hydrogen) atoms. The van der Waals surface area contributed by atoms with Gasteiger partial charge in [0.05, 0.1) is 0 Å². The number of hydrogen-bond acceptors (Lipinski definition) is 3. The Morgan fingerprint density at radius 1 is 0.839 bits per heavy atom. The van der Waals surface area contributed by atoms with Gasteiger partial charge in [-0.3, -0.25) is 9.48 Å². The van der Waals surface area contributed by atoms with Gasteiger partial charge in [-0.05, 0) is 12.8 Å². The number of aromatic nitrogens is 4. The summed E-state index contributed by atoms with van der Waals surface area (Å²) in [7, 11) is 1.83. The van der Waals surface area contributed by atoms with Gasteiger partial charge < -0.3 is 4.98 Å². The largest absolute Gasteiger partial charge is 0.308 e. The summed E-state index contributed by atoms with van der Waals surface area (Å²) in [6.07, 6.45) is 16.8. The lowest BCUT2D eigenvalue weighted by molar-refractivity contribution is 0.459. The van der Waals surface area contributed by atoms with E-state index in [-0.39, 0.29) is 5.56 Å². The molecule has 1 aliphatic carbocycles. The minimum absolute atomic E-state index is 0.0726. The Hall–Kier alpha value is -2.43. The maximum absolute atomic E-state index is 13.0. The molecular weight excluding hydrogens is 384 g/mol. The van der Waals surface area contributed by atoms with Crippen molar-refractivity contribution >= 4 is 11.0 Å². The average Bonchev–Trinajstić information content (AvgIpc) is 3.12. The molecule has 2 aromatic heterocycles. The molecule has 2 heterocycles. The van der Waals surface area contributed by atoms with Gasteiger partial charge in [0.25, 0.3) is 5.56 Å². The minimum atomic E-state index is -0.0726. The second-order valence-corrected chi connectivity index (χ2v) is 9.15. The molecule has 1 aromatic carbocycles. The zero-order valence-corrected chi connectivity index (χ0v) is 18.9. The van der Waals surface area contributed by atoms with Crippen molar-refractivity contribution in [2.45, 2.75) is 89.4 Å². The van der Waals surface area contributed by atoms with E-state index in [9.17, 15) is 4.79 Å². The topological polar surface area (TPSA) is 63.6 Å². The van der Waals surface area contributed by atoms with Gasteiger partial charge in [-0.1, -0.05) is 101 Å². The highest BCUT2D eigenvalue weighted by atomic mass is 16.1. The number of benzene rings is 1. The van der Waals surface area contributed by atoms with Crippen LogP contribution >= 0.6 is 0 Å². The van der Waals surface area contributed by atoms with Gasteiger partial charge in [0, 0.05) is 18.5 Å². The standard InChI is InChI=1S/C26H36N4O/c1-30-24-23(22(29-30)20-16-14-11-15-17-20)27-25(28-26(24)31)21-18-12-9-7-5-3-2-4-6-8-10-13-19-21/h11,14-17,21H,2-10,12-13,18-19H2,1H3,(H,27,28,31). The molecule has 5 nitrogen and oxygen atoms in total. The lowest BCUT2D eigenvalue weighted by Crippen LogP contribution is -2.17. The highest BCUT2D eigenvalue weighted by Crippen LogP contribution is 2.30. The summed E-state index contributed by atoms with van der Waals surface area (Å²) in [5, 5.41) is 4.64. The molecule has 0 amide bonds. The summed E-state index contributed by atoms with van der Waals surface area (Å²) >= 11 is 0. The molecule has 0 saturated heterocycles. The van der Waals surface area contributed by atoms with Gasteiger partial charge in [-0.2, -0.15) is 5.10 Å². The molecule has 0 spiro atoms. The zero-order valence-electron chi connectivity index (χ0n) is 18.9. The fourth-order valence-electron chi connectivity index (χ4n) is 4.97. The van der Waals surface area contributed by atoms with E-state index in [0.29, 0.717) is 11.4 Å². The van der Waals surface area contributed by atoms with Gasteiger partial charge in [0.1, 0.15) is 17.0 Å². The monoisotopic (exact) mass is 420 g/mol. The first kappa shape index (κ1) is 21.8. The Labute approximate surface area is 185 Å². The van der Waals surface area contributed by atoms with E-state index in [1.54, 1.807) is 4.68 Å². The number of aryl methyl sites for hydroxylation is 1. The van der Waals surface area contributed by atoms with Crippen LogP contribution in [-0.2, 0) is 7.05 Å². The summed E-state index contributed by atoms with van der Waals surface area (Å²) in [5.74, 6) is 1.18. The van der Waals surface area contributed by atoms with Gasteiger partial charge in [0.15, 0.2) is 5.52 Å². The Morgan fingerprint density at radius 3 is 1.97 bits per heavy atom. The molecule has 1 aliphatic rings. The van der Waals surface area contributed by atoms with Crippen molar-refractivity contribution in [3.8, 4) is 11.3 Å². The SMILES string of the molecule is Cn1nc(-c2ccccc2)c2nc(C3CCCCCCCCCCCCC3)[nH]c(=O)c21. The molecule has 4 rings (SSSR count). The predicted molar refractivity (Wildman–Crippen MR) is 127 cm³/mol. The normalized spacial score (nSPS) is 18.1. The average molecular weight is 421 g/mol. The van der Waals surface area contributed by atoms with Gasteiger partial charge >= 0.3 is 0 Å². The first-order valence-corrected chi connectivity index (χ1v) is 12.3. The van der Waals surface area contributed by atoms with Crippen molar-refractivity contribution in [2.24, 2.45) is 7.05 Å². The molecule has 0 radical (unpaired) electrons. The molecule has 5 heteroatoms. The zero-order chi connectivity index (χ0) is 21.5. The van der Waals surface area contributed by atoms with Crippen molar-refractivity contribution in [1.82, 2.24) is 19.7 Å². The van der Waals surface area contributed by atoms with Crippen molar-refractivity contribution in [1.29, 1.82) is 0 Å². The molecule has 1 fully saturated rings. The molecule has 0 aliphatic heterocycles. The lowest BCUT2D eigenvalue weighted by atomic mass is 9.92. The third kappa shape index (κ3) is 5.44. The van der Waals surface area contributed by atoms with E-state index in [0.717, 1.165) is 35.4 Å². The van der Waals surface area contributed by atoms with Crippen LogP contribution in [0.4, 0.5) is 0 Å². The van der Waals surface area contributed by atoms with Gasteiger partial charge in [-0.15, -0.1) is 0 Å². The predicted octanol–water partition coefficient (Wildman–Crippen LogP) is 6.49. The molecule has 1 N–H and O–H groups in total. The van der Waals surface area contributed by atoms with Crippen LogP contribution in [-0.4, -0.2) is 19.7 Å². The van der Waals surface area contributed by atoms with Crippen molar-refractivity contribution < 1.29 is 0 Å². The van der Waals surface area contributed by atoms with Gasteiger partial charge in [-0.25, -0.2) is 4.98 Å². The third-order valence-electron chi connectivity index (χ3n) is 6.75. The number of H-pyrrole nitrogens is 1. The van der Waals surface area contributed by atoms with Crippen molar-refractivity contribution in [2.75, 3.05) is 0 Å². The van der Waals surface area contributed by atoms with Crippen molar-refractivity contribution in [3.05, 3.63) is 46.5 Å². The van der Waals surface area contributed by atoms with E-state index in [1.165, 1.54) is 70.6 Å². The Kier molecular flexibility index (Phi) is 7.55. The summed E-state index contributed by atoms with van der Waals surface area (Å²) in [4.78, 5) is 21.2. The van der Waals surface area contributed by atoms with Crippen LogP contribution in [0, 0.1) is 0 Å². The summed E-state index contributed by atoms with van der Waals surface area (Å²) < 4.78 is 1.67. The smallest absolute Gasteiger partial charge is 0.277 e. The van der Waals surface area contributed by atoms with Crippen molar-refractivity contribution in [3.63, 3.8) is 0 Å². The Bertz CT molecular complexity index is 1010. The molecule has 166 valence electrons. The van der Waals surface area contributed by atoms with Crippen LogP contribution in [0.2, 0.25) is 0 Å². The summed E-state index contributed by atoms with van der Waals surface area (Å²) in [6.45, 7) is 0. The number of hydrogen-bond donors (Lipinski definition) is 1. The molecular formula is C26H36N4O. The quantitative estimate of drug-likeness (QED) is 0.515. The molecule has 0 atom stereocenters. The van der Waals surface area contributed by atoms with E-state index in [1.807, 2.05) is 37.4 Å². The van der Waals surface area contributed by atoms with Crippen LogP contribution in [0.3, 0.4) is 0 Å². The van der Waals surface area contributed by atoms with Crippen LogP contribution in [0.15, 0.2) is 35.1 Å². The van der Waals surface area contributed by atoms with Crippen LogP contribution in [0.1, 0.15) is 95.2 Å². The molecule has 0 unspecified atom stereocenters. The third-order valence-corrected chi connectivity index (χ3v) is 6.75. The molecule has 0 bridgehead atoms. The maximum Gasteiger partial charge on any atom is 0.277 e. The van der Waals surface area contributed by atoms with E-state index in [2.05, 4.69) is 10.1 Å². The van der Waals surface area contributed by atoms with Crippen LogP contribution in [0.25, 0.3) is 22.3 Å². The molecule has 3 aromatic rings. The second-order valence-electron chi connectivity index (χ2n) is 9.15.